The van der Waals surface area contributed by atoms with Crippen molar-refractivity contribution in [1.82, 2.24) is 4.98 Å². The van der Waals surface area contributed by atoms with E-state index in [1.807, 2.05) is 0 Å². The molecular formula is C12H12N2O4S2. The van der Waals surface area contributed by atoms with E-state index in [0.29, 0.717) is 10.6 Å². The van der Waals surface area contributed by atoms with Crippen LogP contribution in [0.5, 0.6) is 0 Å². The van der Waals surface area contributed by atoms with Crippen molar-refractivity contribution < 1.29 is 18.3 Å². The number of aromatic nitrogens is 1. The van der Waals surface area contributed by atoms with E-state index in [4.69, 9.17) is 5.11 Å². The van der Waals surface area contributed by atoms with E-state index in [9.17, 15) is 13.2 Å². The summed E-state index contributed by atoms with van der Waals surface area (Å²) in [5, 5.41) is 9.47. The van der Waals surface area contributed by atoms with Crippen molar-refractivity contribution in [3.8, 4) is 0 Å². The predicted molar refractivity (Wildman–Crippen MR) is 75.4 cm³/mol. The molecule has 0 aliphatic rings. The molecule has 1 aromatic heterocycles. The molecule has 106 valence electrons. The molecule has 1 heterocycles. The summed E-state index contributed by atoms with van der Waals surface area (Å²) in [6.07, 6.45) is 1.03. The quantitative estimate of drug-likeness (QED) is 0.878. The topological polar surface area (TPSA) is 96.4 Å². The third-order valence-corrected chi connectivity index (χ3v) is 5.21. The van der Waals surface area contributed by atoms with Crippen LogP contribution in [0.25, 0.3) is 0 Å². The average molecular weight is 312 g/mol. The first-order valence-corrected chi connectivity index (χ1v) is 7.93. The molecule has 0 aliphatic heterocycles. The molecule has 0 amide bonds. The van der Waals surface area contributed by atoms with E-state index < -0.39 is 16.0 Å². The molecule has 0 saturated heterocycles. The van der Waals surface area contributed by atoms with E-state index in [0.717, 1.165) is 11.3 Å². The van der Waals surface area contributed by atoms with Crippen LogP contribution in [0.4, 0.5) is 5.69 Å². The number of carbonyl (C=O) groups is 1. The number of rotatable bonds is 5. The molecule has 2 N–H and O–H groups in total. The lowest BCUT2D eigenvalue weighted by Crippen LogP contribution is -2.14. The van der Waals surface area contributed by atoms with Crippen LogP contribution in [0.3, 0.4) is 0 Å². The van der Waals surface area contributed by atoms with Crippen LogP contribution >= 0.6 is 11.3 Å². The number of sulfonamides is 1. The molecular weight excluding hydrogens is 300 g/mol. The van der Waals surface area contributed by atoms with Crippen LogP contribution in [0.15, 0.2) is 34.7 Å². The Morgan fingerprint density at radius 2 is 2.10 bits per heavy atom. The summed E-state index contributed by atoms with van der Waals surface area (Å²) in [5.74, 6) is -1.02. The zero-order valence-electron chi connectivity index (χ0n) is 10.5. The second kappa shape index (κ2) is 5.59. The normalized spacial score (nSPS) is 11.2. The number of anilines is 1. The Morgan fingerprint density at radius 3 is 2.70 bits per heavy atom. The number of carboxylic acids is 1. The fourth-order valence-electron chi connectivity index (χ4n) is 1.60. The smallest absolute Gasteiger partial charge is 0.307 e. The standard InChI is InChI=1S/C12H12N2O4S2/c1-8-13-7-12(19-8)20(17,18)14-10-5-3-2-4-9(10)6-11(15)16/h2-5,7,14H,6H2,1H3,(H,15,16). The monoisotopic (exact) mass is 312 g/mol. The Hall–Kier alpha value is -1.93. The zero-order valence-corrected chi connectivity index (χ0v) is 12.2. The summed E-state index contributed by atoms with van der Waals surface area (Å²) >= 11 is 1.06. The van der Waals surface area contributed by atoms with Crippen molar-refractivity contribution in [3.05, 3.63) is 41.0 Å². The van der Waals surface area contributed by atoms with E-state index in [1.165, 1.54) is 12.3 Å². The predicted octanol–water partition coefficient (Wildman–Crippen LogP) is 1.88. The highest BCUT2D eigenvalue weighted by atomic mass is 32.2. The van der Waals surface area contributed by atoms with Crippen LogP contribution < -0.4 is 4.72 Å². The third-order valence-electron chi connectivity index (χ3n) is 2.47. The van der Waals surface area contributed by atoms with E-state index >= 15 is 0 Å². The van der Waals surface area contributed by atoms with Crippen LogP contribution in [0, 0.1) is 6.92 Å². The van der Waals surface area contributed by atoms with Gasteiger partial charge in [0.2, 0.25) is 0 Å². The number of hydrogen-bond donors (Lipinski definition) is 2. The molecule has 0 spiro atoms. The van der Waals surface area contributed by atoms with Crippen LogP contribution in [-0.4, -0.2) is 24.5 Å². The molecule has 0 radical (unpaired) electrons. The molecule has 0 saturated carbocycles. The van der Waals surface area contributed by atoms with Gasteiger partial charge in [-0.05, 0) is 18.6 Å². The number of benzene rings is 1. The van der Waals surface area contributed by atoms with Gasteiger partial charge in [-0.1, -0.05) is 18.2 Å². The van der Waals surface area contributed by atoms with Gasteiger partial charge in [0.1, 0.15) is 0 Å². The summed E-state index contributed by atoms with van der Waals surface area (Å²) in [7, 11) is -3.74. The van der Waals surface area contributed by atoms with Crippen molar-refractivity contribution in [2.24, 2.45) is 0 Å². The van der Waals surface area contributed by atoms with Gasteiger partial charge in [-0.15, -0.1) is 11.3 Å². The first-order valence-electron chi connectivity index (χ1n) is 5.63. The second-order valence-electron chi connectivity index (χ2n) is 4.03. The van der Waals surface area contributed by atoms with Crippen molar-refractivity contribution in [1.29, 1.82) is 0 Å². The van der Waals surface area contributed by atoms with Gasteiger partial charge in [0.05, 0.1) is 23.3 Å². The van der Waals surface area contributed by atoms with Crippen LogP contribution in [0.2, 0.25) is 0 Å². The molecule has 0 unspecified atom stereocenters. The molecule has 1 aromatic carbocycles. The summed E-state index contributed by atoms with van der Waals surface area (Å²) < 4.78 is 26.8. The number of nitrogens with zero attached hydrogens (tertiary/aromatic N) is 1. The molecule has 2 rings (SSSR count). The number of carboxylic acid groups (broad SMARTS) is 1. The number of hydrogen-bond acceptors (Lipinski definition) is 5. The Balaban J connectivity index is 2.32. The summed E-state index contributed by atoms with van der Waals surface area (Å²) in [4.78, 5) is 14.7. The number of thiazole rings is 1. The SMILES string of the molecule is Cc1ncc(S(=O)(=O)Nc2ccccc2CC(=O)O)s1. The Kier molecular flexibility index (Phi) is 4.05. The lowest BCUT2D eigenvalue weighted by molar-refractivity contribution is -0.136. The van der Waals surface area contributed by atoms with Crippen LogP contribution in [0.1, 0.15) is 10.6 Å². The average Bonchev–Trinajstić information content (AvgIpc) is 2.78. The molecule has 0 atom stereocenters. The molecule has 20 heavy (non-hydrogen) atoms. The second-order valence-corrected chi connectivity index (χ2v) is 7.18. The molecule has 0 aliphatic carbocycles. The third kappa shape index (κ3) is 3.34. The Labute approximate surface area is 120 Å². The molecule has 0 fully saturated rings. The zero-order chi connectivity index (χ0) is 14.8. The van der Waals surface area contributed by atoms with Gasteiger partial charge in [-0.2, -0.15) is 0 Å². The lowest BCUT2D eigenvalue weighted by atomic mass is 10.1. The molecule has 8 heteroatoms. The van der Waals surface area contributed by atoms with Gasteiger partial charge < -0.3 is 5.11 Å². The van der Waals surface area contributed by atoms with E-state index in [1.54, 1.807) is 25.1 Å². The number of aliphatic carboxylic acids is 1. The van der Waals surface area contributed by atoms with Gasteiger partial charge in [0, 0.05) is 0 Å². The van der Waals surface area contributed by atoms with Crippen molar-refractivity contribution in [2.75, 3.05) is 4.72 Å². The largest absolute Gasteiger partial charge is 0.481 e. The van der Waals surface area contributed by atoms with Gasteiger partial charge in [-0.25, -0.2) is 13.4 Å². The fraction of sp³-hybridized carbons (Fsp3) is 0.167. The minimum atomic E-state index is -3.74. The summed E-state index contributed by atoms with van der Waals surface area (Å²) in [6.45, 7) is 1.71. The lowest BCUT2D eigenvalue weighted by Gasteiger charge is -2.10. The summed E-state index contributed by atoms with van der Waals surface area (Å²) in [5.41, 5.74) is 0.672. The number of para-hydroxylation sites is 1. The maximum atomic E-state index is 12.2. The first-order chi connectivity index (χ1) is 9.38. The Morgan fingerprint density at radius 1 is 1.40 bits per heavy atom. The Bertz CT molecular complexity index is 737. The highest BCUT2D eigenvalue weighted by Gasteiger charge is 2.19. The highest BCUT2D eigenvalue weighted by molar-refractivity contribution is 7.94. The van der Waals surface area contributed by atoms with Crippen LogP contribution in [-0.2, 0) is 21.2 Å². The molecule has 0 bridgehead atoms. The number of aryl methyl sites for hydroxylation is 1. The maximum absolute atomic E-state index is 12.2. The molecule has 2 aromatic rings. The fourth-order valence-corrected chi connectivity index (χ4v) is 3.81. The number of nitrogens with one attached hydrogen (secondary N) is 1. The minimum absolute atomic E-state index is 0.0973. The van der Waals surface area contributed by atoms with E-state index in [-0.39, 0.29) is 16.3 Å². The minimum Gasteiger partial charge on any atom is -0.481 e. The van der Waals surface area contributed by atoms with Gasteiger partial charge in [0.25, 0.3) is 10.0 Å². The van der Waals surface area contributed by atoms with Gasteiger partial charge in [-0.3, -0.25) is 9.52 Å². The highest BCUT2D eigenvalue weighted by Crippen LogP contribution is 2.23. The summed E-state index contributed by atoms with van der Waals surface area (Å²) in [6, 6.07) is 6.40. The maximum Gasteiger partial charge on any atom is 0.307 e. The van der Waals surface area contributed by atoms with Crippen molar-refractivity contribution >= 4 is 33.0 Å². The van der Waals surface area contributed by atoms with Gasteiger partial charge >= 0.3 is 5.97 Å². The van der Waals surface area contributed by atoms with E-state index in [2.05, 4.69) is 9.71 Å². The van der Waals surface area contributed by atoms with Crippen molar-refractivity contribution in [2.45, 2.75) is 17.6 Å². The van der Waals surface area contributed by atoms with Crippen molar-refractivity contribution in [3.63, 3.8) is 0 Å². The molecule has 6 nitrogen and oxygen atoms in total. The van der Waals surface area contributed by atoms with Gasteiger partial charge in [0.15, 0.2) is 4.21 Å². The first kappa shape index (κ1) is 14.5.